The van der Waals surface area contributed by atoms with Crippen LogP contribution in [0, 0.1) is 11.7 Å². The molecular formula is C14H11BrN4S. The minimum absolute atomic E-state index is 0.564. The molecule has 2 heterocycles. The Balaban J connectivity index is 2.24. The van der Waals surface area contributed by atoms with Gasteiger partial charge in [0.25, 0.3) is 0 Å². The number of aromatic amines is 1. The number of pyridine rings is 1. The van der Waals surface area contributed by atoms with Crippen molar-refractivity contribution < 1.29 is 0 Å². The highest BCUT2D eigenvalue weighted by Crippen LogP contribution is 2.24. The molecule has 4 nitrogen and oxygen atoms in total. The van der Waals surface area contributed by atoms with Gasteiger partial charge in [0.15, 0.2) is 10.6 Å². The molecule has 0 aliphatic carbocycles. The number of H-pyrrole nitrogens is 1. The largest absolute Gasteiger partial charge is 0.268 e. The molecule has 0 aliphatic rings. The van der Waals surface area contributed by atoms with Gasteiger partial charge >= 0.3 is 0 Å². The maximum atomic E-state index is 5.36. The number of nitrogens with one attached hydrogen (secondary N) is 1. The van der Waals surface area contributed by atoms with Gasteiger partial charge in [-0.1, -0.05) is 15.9 Å². The predicted octanol–water partition coefficient (Wildman–Crippen LogP) is 4.06. The molecule has 20 heavy (non-hydrogen) atoms. The number of nitrogens with zero attached hydrogens (tertiary/aromatic N) is 3. The van der Waals surface area contributed by atoms with Crippen molar-refractivity contribution in [1.29, 1.82) is 0 Å². The maximum absolute atomic E-state index is 5.36. The van der Waals surface area contributed by atoms with Crippen LogP contribution in [0.3, 0.4) is 0 Å². The molecule has 0 aliphatic heterocycles. The second-order valence-corrected chi connectivity index (χ2v) is 5.71. The Morgan fingerprint density at radius 2 is 1.95 bits per heavy atom. The topological polar surface area (TPSA) is 46.5 Å². The molecule has 1 aromatic carbocycles. The molecule has 0 saturated heterocycles. The lowest BCUT2D eigenvalue weighted by Crippen LogP contribution is -1.98. The Morgan fingerprint density at radius 1 is 1.20 bits per heavy atom. The lowest BCUT2D eigenvalue weighted by atomic mass is 10.2. The van der Waals surface area contributed by atoms with Crippen molar-refractivity contribution in [3.8, 4) is 17.1 Å². The van der Waals surface area contributed by atoms with Gasteiger partial charge in [0.05, 0.1) is 5.69 Å². The van der Waals surface area contributed by atoms with E-state index in [0.717, 1.165) is 27.1 Å². The molecule has 6 heteroatoms. The Bertz CT molecular complexity index is 787. The SMILES string of the molecule is Cc1cc(Br)cc(-n2c(-c3ccncc3)n[nH]c2=S)c1. The lowest BCUT2D eigenvalue weighted by molar-refractivity contribution is 1.03. The summed E-state index contributed by atoms with van der Waals surface area (Å²) in [5.74, 6) is 0.773. The highest BCUT2D eigenvalue weighted by Gasteiger charge is 2.11. The number of benzene rings is 1. The zero-order chi connectivity index (χ0) is 14.1. The van der Waals surface area contributed by atoms with Crippen LogP contribution >= 0.6 is 28.1 Å². The van der Waals surface area contributed by atoms with Gasteiger partial charge in [-0.15, -0.1) is 0 Å². The van der Waals surface area contributed by atoms with Crippen molar-refractivity contribution in [2.75, 3.05) is 0 Å². The zero-order valence-corrected chi connectivity index (χ0v) is 13.1. The minimum Gasteiger partial charge on any atom is -0.268 e. The van der Waals surface area contributed by atoms with Crippen molar-refractivity contribution in [3.63, 3.8) is 0 Å². The van der Waals surface area contributed by atoms with E-state index in [2.05, 4.69) is 43.2 Å². The molecule has 0 amide bonds. The predicted molar refractivity (Wildman–Crippen MR) is 84.4 cm³/mol. The summed E-state index contributed by atoms with van der Waals surface area (Å²) in [7, 11) is 0. The molecule has 3 rings (SSSR count). The summed E-state index contributed by atoms with van der Waals surface area (Å²) in [5, 5.41) is 7.18. The van der Waals surface area contributed by atoms with Crippen LogP contribution in [0.25, 0.3) is 17.1 Å². The molecule has 1 N–H and O–H groups in total. The van der Waals surface area contributed by atoms with Gasteiger partial charge in [-0.2, -0.15) is 5.10 Å². The molecule has 3 aromatic rings. The third kappa shape index (κ3) is 2.44. The number of halogens is 1. The van der Waals surface area contributed by atoms with Crippen LogP contribution in [0.4, 0.5) is 0 Å². The molecule has 0 bridgehead atoms. The van der Waals surface area contributed by atoms with Crippen LogP contribution in [0.2, 0.25) is 0 Å². The van der Waals surface area contributed by atoms with Crippen LogP contribution in [-0.2, 0) is 0 Å². The highest BCUT2D eigenvalue weighted by molar-refractivity contribution is 9.10. The van der Waals surface area contributed by atoms with Crippen LogP contribution in [0.1, 0.15) is 5.56 Å². The summed E-state index contributed by atoms with van der Waals surface area (Å²) in [5.41, 5.74) is 3.09. The maximum Gasteiger partial charge on any atom is 0.200 e. The van der Waals surface area contributed by atoms with Gasteiger partial charge in [0, 0.05) is 22.4 Å². The number of aromatic nitrogens is 4. The first-order valence-corrected chi connectivity index (χ1v) is 7.20. The van der Waals surface area contributed by atoms with Crippen molar-refractivity contribution in [2.45, 2.75) is 6.92 Å². The highest BCUT2D eigenvalue weighted by atomic mass is 79.9. The van der Waals surface area contributed by atoms with Gasteiger partial charge < -0.3 is 0 Å². The van der Waals surface area contributed by atoms with E-state index in [0.29, 0.717) is 4.77 Å². The average molecular weight is 347 g/mol. The van der Waals surface area contributed by atoms with E-state index in [1.807, 2.05) is 29.7 Å². The Hall–Kier alpha value is -1.79. The second kappa shape index (κ2) is 5.30. The smallest absolute Gasteiger partial charge is 0.200 e. The Kier molecular flexibility index (Phi) is 3.50. The third-order valence-electron chi connectivity index (χ3n) is 2.90. The summed E-state index contributed by atoms with van der Waals surface area (Å²) in [6.07, 6.45) is 3.48. The van der Waals surface area contributed by atoms with Gasteiger partial charge in [-0.3, -0.25) is 14.6 Å². The van der Waals surface area contributed by atoms with Crippen LogP contribution in [-0.4, -0.2) is 19.7 Å². The van der Waals surface area contributed by atoms with Gasteiger partial charge in [-0.25, -0.2) is 0 Å². The summed E-state index contributed by atoms with van der Waals surface area (Å²) in [6.45, 7) is 2.05. The van der Waals surface area contributed by atoms with E-state index >= 15 is 0 Å². The van der Waals surface area contributed by atoms with Crippen LogP contribution in [0.5, 0.6) is 0 Å². The molecule has 100 valence electrons. The van der Waals surface area contributed by atoms with Gasteiger partial charge in [-0.05, 0) is 55.0 Å². The van der Waals surface area contributed by atoms with E-state index < -0.39 is 0 Å². The van der Waals surface area contributed by atoms with Crippen molar-refractivity contribution in [2.24, 2.45) is 0 Å². The first kappa shape index (κ1) is 13.2. The number of hydrogen-bond donors (Lipinski definition) is 1. The quantitative estimate of drug-likeness (QED) is 0.711. The fraction of sp³-hybridized carbons (Fsp3) is 0.0714. The fourth-order valence-corrected chi connectivity index (χ4v) is 2.91. The summed E-state index contributed by atoms with van der Waals surface area (Å²) >= 11 is 8.87. The number of rotatable bonds is 2. The van der Waals surface area contributed by atoms with Crippen LogP contribution < -0.4 is 0 Å². The summed E-state index contributed by atoms with van der Waals surface area (Å²) in [6, 6.07) is 9.96. The van der Waals surface area contributed by atoms with Crippen molar-refractivity contribution >= 4 is 28.1 Å². The van der Waals surface area contributed by atoms with E-state index in [9.17, 15) is 0 Å². The molecule has 0 fully saturated rings. The average Bonchev–Trinajstić information content (AvgIpc) is 2.80. The standard InChI is InChI=1S/C14H11BrN4S/c1-9-6-11(15)8-12(7-9)19-13(17-18-14(19)20)10-2-4-16-5-3-10/h2-8H,1H3,(H,18,20). The molecule has 0 saturated carbocycles. The third-order valence-corrected chi connectivity index (χ3v) is 3.63. The minimum atomic E-state index is 0.564. The molecule has 0 radical (unpaired) electrons. The molecule has 2 aromatic heterocycles. The van der Waals surface area contributed by atoms with Gasteiger partial charge in [0.2, 0.25) is 0 Å². The first-order valence-electron chi connectivity index (χ1n) is 6.00. The summed E-state index contributed by atoms with van der Waals surface area (Å²) < 4.78 is 3.49. The van der Waals surface area contributed by atoms with E-state index in [-0.39, 0.29) is 0 Å². The lowest BCUT2D eigenvalue weighted by Gasteiger charge is -2.08. The zero-order valence-electron chi connectivity index (χ0n) is 10.7. The normalized spacial score (nSPS) is 10.7. The molecule has 0 spiro atoms. The molecule has 0 atom stereocenters. The Morgan fingerprint density at radius 3 is 2.65 bits per heavy atom. The number of hydrogen-bond acceptors (Lipinski definition) is 3. The monoisotopic (exact) mass is 346 g/mol. The molecular weight excluding hydrogens is 336 g/mol. The second-order valence-electron chi connectivity index (χ2n) is 4.41. The fourth-order valence-electron chi connectivity index (χ4n) is 2.08. The Labute approximate surface area is 129 Å². The van der Waals surface area contributed by atoms with Crippen LogP contribution in [0.15, 0.2) is 47.2 Å². The van der Waals surface area contributed by atoms with E-state index in [1.165, 1.54) is 0 Å². The van der Waals surface area contributed by atoms with Gasteiger partial charge in [0.1, 0.15) is 0 Å². The molecule has 0 unspecified atom stereocenters. The van der Waals surface area contributed by atoms with E-state index in [1.54, 1.807) is 12.4 Å². The van der Waals surface area contributed by atoms with Crippen molar-refractivity contribution in [3.05, 3.63) is 57.5 Å². The van der Waals surface area contributed by atoms with E-state index in [4.69, 9.17) is 12.2 Å². The summed E-state index contributed by atoms with van der Waals surface area (Å²) in [4.78, 5) is 4.03. The first-order chi connectivity index (χ1) is 9.65. The number of aryl methyl sites for hydroxylation is 1. The van der Waals surface area contributed by atoms with Crippen molar-refractivity contribution in [1.82, 2.24) is 19.7 Å².